The van der Waals surface area contributed by atoms with Gasteiger partial charge in [-0.15, -0.1) is 0 Å². The highest BCUT2D eigenvalue weighted by atomic mass is 79.9. The van der Waals surface area contributed by atoms with E-state index in [1.165, 1.54) is 5.56 Å². The van der Waals surface area contributed by atoms with Crippen LogP contribution in [-0.2, 0) is 12.8 Å². The van der Waals surface area contributed by atoms with Crippen LogP contribution >= 0.6 is 15.9 Å². The minimum absolute atomic E-state index is 0.587. The summed E-state index contributed by atoms with van der Waals surface area (Å²) in [7, 11) is 0. The molecule has 2 rings (SSSR count). The average molecular weight is 306 g/mol. The van der Waals surface area contributed by atoms with Crippen molar-refractivity contribution in [2.45, 2.75) is 26.7 Å². The highest BCUT2D eigenvalue weighted by Gasteiger charge is 2.09. The van der Waals surface area contributed by atoms with Crippen molar-refractivity contribution in [2.24, 2.45) is 0 Å². The Hall–Kier alpha value is -1.42. The lowest BCUT2D eigenvalue weighted by Gasteiger charge is -2.09. The number of hydrogen-bond acceptors (Lipinski definition) is 3. The Bertz CT molecular complexity index is 567. The van der Waals surface area contributed by atoms with E-state index in [0.717, 1.165) is 28.0 Å². The Balaban J connectivity index is 2.36. The van der Waals surface area contributed by atoms with E-state index in [1.54, 1.807) is 0 Å². The second-order valence-electron chi connectivity index (χ2n) is 4.22. The highest BCUT2D eigenvalue weighted by Crippen LogP contribution is 2.20. The van der Waals surface area contributed by atoms with Crippen LogP contribution < -0.4 is 5.73 Å². The zero-order chi connectivity index (χ0) is 13.1. The topological polar surface area (TPSA) is 51.8 Å². The molecular weight excluding hydrogens is 290 g/mol. The molecule has 0 atom stereocenters. The molecule has 0 fully saturated rings. The van der Waals surface area contributed by atoms with Gasteiger partial charge in [0.1, 0.15) is 11.6 Å². The minimum Gasteiger partial charge on any atom is -0.383 e. The van der Waals surface area contributed by atoms with Gasteiger partial charge in [-0.1, -0.05) is 41.1 Å². The molecule has 94 valence electrons. The summed E-state index contributed by atoms with van der Waals surface area (Å²) >= 11 is 3.54. The number of aryl methyl sites for hydroxylation is 1. The summed E-state index contributed by atoms with van der Waals surface area (Å²) in [6, 6.07) is 8.09. The zero-order valence-corrected chi connectivity index (χ0v) is 12.2. The number of nitrogens with two attached hydrogens (primary N) is 1. The van der Waals surface area contributed by atoms with Gasteiger partial charge in [0.15, 0.2) is 0 Å². The third-order valence-electron chi connectivity index (χ3n) is 2.97. The third-order valence-corrected chi connectivity index (χ3v) is 3.75. The molecule has 2 aromatic rings. The Morgan fingerprint density at radius 2 is 1.94 bits per heavy atom. The van der Waals surface area contributed by atoms with E-state index in [0.29, 0.717) is 12.2 Å². The summed E-state index contributed by atoms with van der Waals surface area (Å²) < 4.78 is 1.07. The molecule has 0 aliphatic heterocycles. The van der Waals surface area contributed by atoms with Gasteiger partial charge in [0.05, 0.1) is 0 Å². The second kappa shape index (κ2) is 5.48. The number of halogens is 1. The molecule has 1 aromatic carbocycles. The van der Waals surface area contributed by atoms with Crippen molar-refractivity contribution in [3.8, 4) is 0 Å². The average Bonchev–Trinajstić information content (AvgIpc) is 2.36. The SMILES string of the molecule is CCc1nc(Cc2ccccc2Br)nc(N)c1C. The fraction of sp³-hybridized carbons (Fsp3) is 0.286. The van der Waals surface area contributed by atoms with Crippen LogP contribution in [0.5, 0.6) is 0 Å². The molecule has 0 saturated carbocycles. The Labute approximate surface area is 116 Å². The van der Waals surface area contributed by atoms with E-state index in [9.17, 15) is 0 Å². The molecular formula is C14H16BrN3. The summed E-state index contributed by atoms with van der Waals surface area (Å²) in [5.74, 6) is 1.37. The van der Waals surface area contributed by atoms with Gasteiger partial charge in [-0.05, 0) is 25.0 Å². The van der Waals surface area contributed by atoms with Crippen LogP contribution in [0.4, 0.5) is 5.82 Å². The van der Waals surface area contributed by atoms with Crippen molar-refractivity contribution >= 4 is 21.7 Å². The quantitative estimate of drug-likeness (QED) is 0.946. The molecule has 1 heterocycles. The number of hydrogen-bond donors (Lipinski definition) is 1. The molecule has 4 heteroatoms. The number of aromatic nitrogens is 2. The van der Waals surface area contributed by atoms with Gasteiger partial charge in [-0.25, -0.2) is 9.97 Å². The molecule has 0 aliphatic carbocycles. The first kappa shape index (κ1) is 13.0. The zero-order valence-electron chi connectivity index (χ0n) is 10.6. The molecule has 0 bridgehead atoms. The van der Waals surface area contributed by atoms with Crippen LogP contribution in [0, 0.1) is 6.92 Å². The summed E-state index contributed by atoms with van der Waals surface area (Å²) in [6.07, 6.45) is 1.57. The van der Waals surface area contributed by atoms with Gasteiger partial charge < -0.3 is 5.73 Å². The van der Waals surface area contributed by atoms with Crippen molar-refractivity contribution in [2.75, 3.05) is 5.73 Å². The maximum absolute atomic E-state index is 5.93. The van der Waals surface area contributed by atoms with Gasteiger partial charge in [0, 0.05) is 22.2 Å². The smallest absolute Gasteiger partial charge is 0.135 e. The molecule has 1 aromatic heterocycles. The van der Waals surface area contributed by atoms with E-state index >= 15 is 0 Å². The largest absolute Gasteiger partial charge is 0.383 e. The van der Waals surface area contributed by atoms with Gasteiger partial charge in [-0.3, -0.25) is 0 Å². The van der Waals surface area contributed by atoms with Crippen molar-refractivity contribution in [3.63, 3.8) is 0 Å². The second-order valence-corrected chi connectivity index (χ2v) is 5.07. The minimum atomic E-state index is 0.587. The number of rotatable bonds is 3. The van der Waals surface area contributed by atoms with Gasteiger partial charge in [0.25, 0.3) is 0 Å². The summed E-state index contributed by atoms with van der Waals surface area (Å²) in [4.78, 5) is 8.94. The van der Waals surface area contributed by atoms with E-state index in [4.69, 9.17) is 5.73 Å². The molecule has 0 spiro atoms. The summed E-state index contributed by atoms with van der Waals surface area (Å²) in [5, 5.41) is 0. The lowest BCUT2D eigenvalue weighted by Crippen LogP contribution is -2.07. The monoisotopic (exact) mass is 305 g/mol. The number of anilines is 1. The predicted octanol–water partition coefficient (Wildman–Crippen LogP) is 3.28. The van der Waals surface area contributed by atoms with Crippen molar-refractivity contribution < 1.29 is 0 Å². The Kier molecular flexibility index (Phi) is 3.97. The molecule has 0 saturated heterocycles. The van der Waals surface area contributed by atoms with Crippen LogP contribution in [0.2, 0.25) is 0 Å². The normalized spacial score (nSPS) is 10.6. The number of nitrogen functional groups attached to an aromatic ring is 1. The van der Waals surface area contributed by atoms with Crippen LogP contribution in [0.1, 0.15) is 29.6 Å². The molecule has 3 nitrogen and oxygen atoms in total. The van der Waals surface area contributed by atoms with Gasteiger partial charge >= 0.3 is 0 Å². The first-order valence-electron chi connectivity index (χ1n) is 5.97. The standard InChI is InChI=1S/C14H16BrN3/c1-3-12-9(2)14(16)18-13(17-12)8-10-6-4-5-7-11(10)15/h4-7H,3,8H2,1-2H3,(H2,16,17,18). The summed E-state index contributed by atoms with van der Waals surface area (Å²) in [6.45, 7) is 4.05. The predicted molar refractivity (Wildman–Crippen MR) is 77.5 cm³/mol. The van der Waals surface area contributed by atoms with Crippen molar-refractivity contribution in [1.82, 2.24) is 9.97 Å². The number of benzene rings is 1. The first-order chi connectivity index (χ1) is 8.61. The molecule has 0 aliphatic rings. The maximum Gasteiger partial charge on any atom is 0.135 e. The summed E-state index contributed by atoms with van der Waals surface area (Å²) in [5.41, 5.74) is 9.12. The van der Waals surface area contributed by atoms with Gasteiger partial charge in [-0.2, -0.15) is 0 Å². The molecule has 2 N–H and O–H groups in total. The molecule has 0 amide bonds. The third kappa shape index (κ3) is 2.70. The van der Waals surface area contributed by atoms with E-state index in [-0.39, 0.29) is 0 Å². The lowest BCUT2D eigenvalue weighted by atomic mass is 10.1. The van der Waals surface area contributed by atoms with E-state index in [1.807, 2.05) is 25.1 Å². The maximum atomic E-state index is 5.93. The van der Waals surface area contributed by atoms with Crippen LogP contribution in [0.15, 0.2) is 28.7 Å². The van der Waals surface area contributed by atoms with Crippen molar-refractivity contribution in [1.29, 1.82) is 0 Å². The Morgan fingerprint density at radius 3 is 2.61 bits per heavy atom. The fourth-order valence-electron chi connectivity index (χ4n) is 1.87. The van der Waals surface area contributed by atoms with Crippen LogP contribution in [0.3, 0.4) is 0 Å². The molecule has 18 heavy (non-hydrogen) atoms. The van der Waals surface area contributed by atoms with E-state index < -0.39 is 0 Å². The molecule has 0 radical (unpaired) electrons. The van der Waals surface area contributed by atoms with Crippen molar-refractivity contribution in [3.05, 3.63) is 51.4 Å². The van der Waals surface area contributed by atoms with Crippen LogP contribution in [0.25, 0.3) is 0 Å². The lowest BCUT2D eigenvalue weighted by molar-refractivity contribution is 0.893. The number of nitrogens with zero attached hydrogens (tertiary/aromatic N) is 2. The van der Waals surface area contributed by atoms with Gasteiger partial charge in [0.2, 0.25) is 0 Å². The van der Waals surface area contributed by atoms with Crippen LogP contribution in [-0.4, -0.2) is 9.97 Å². The molecule has 0 unspecified atom stereocenters. The fourth-order valence-corrected chi connectivity index (χ4v) is 2.30. The van der Waals surface area contributed by atoms with E-state index in [2.05, 4.69) is 38.9 Å². The Morgan fingerprint density at radius 1 is 1.22 bits per heavy atom. The highest BCUT2D eigenvalue weighted by molar-refractivity contribution is 9.10. The first-order valence-corrected chi connectivity index (χ1v) is 6.76.